The Kier molecular flexibility index (Phi) is 5.35. The van der Waals surface area contributed by atoms with Crippen molar-refractivity contribution in [1.29, 1.82) is 0 Å². The molecule has 100 valence electrons. The second kappa shape index (κ2) is 6.55. The Balaban J connectivity index is 2.53. The van der Waals surface area contributed by atoms with E-state index in [4.69, 9.17) is 0 Å². The molecule has 0 aliphatic rings. The average Bonchev–Trinajstić information content (AvgIpc) is 2.36. The van der Waals surface area contributed by atoms with Crippen LogP contribution in [0.5, 0.6) is 0 Å². The predicted molar refractivity (Wildman–Crippen MR) is 75.6 cm³/mol. The smallest absolute Gasteiger partial charge is 0.220 e. The van der Waals surface area contributed by atoms with Crippen LogP contribution in [0.1, 0.15) is 32.8 Å². The van der Waals surface area contributed by atoms with Gasteiger partial charge in [-0.3, -0.25) is 4.79 Å². The van der Waals surface area contributed by atoms with Gasteiger partial charge in [0.1, 0.15) is 0 Å². The van der Waals surface area contributed by atoms with Crippen LogP contribution in [0, 0.1) is 0 Å². The van der Waals surface area contributed by atoms with E-state index in [9.17, 15) is 4.79 Å². The van der Waals surface area contributed by atoms with Gasteiger partial charge < -0.3 is 10.6 Å². The first-order valence-electron chi connectivity index (χ1n) is 6.45. The minimum absolute atomic E-state index is 0.103. The number of likely N-dealkylation sites (N-methyl/N-ethyl adjacent to an activating group) is 1. The lowest BCUT2D eigenvalue weighted by Gasteiger charge is -2.25. The van der Waals surface area contributed by atoms with Gasteiger partial charge in [0.15, 0.2) is 0 Å². The zero-order chi connectivity index (χ0) is 13.6. The summed E-state index contributed by atoms with van der Waals surface area (Å²) in [6.45, 7) is 6.91. The molecule has 1 rings (SSSR count). The monoisotopic (exact) mass is 248 g/mol. The Morgan fingerprint density at radius 3 is 2.44 bits per heavy atom. The highest BCUT2D eigenvalue weighted by Gasteiger charge is 2.23. The van der Waals surface area contributed by atoms with E-state index in [-0.39, 0.29) is 11.3 Å². The van der Waals surface area contributed by atoms with Crippen molar-refractivity contribution in [2.24, 2.45) is 0 Å². The van der Waals surface area contributed by atoms with Crippen LogP contribution < -0.4 is 10.6 Å². The van der Waals surface area contributed by atoms with Crippen molar-refractivity contribution in [2.45, 2.75) is 38.6 Å². The van der Waals surface area contributed by atoms with Gasteiger partial charge in [-0.15, -0.1) is 0 Å². The van der Waals surface area contributed by atoms with Gasteiger partial charge >= 0.3 is 0 Å². The number of hydrogen-bond acceptors (Lipinski definition) is 2. The summed E-state index contributed by atoms with van der Waals surface area (Å²) in [5.74, 6) is 0.103. The third-order valence-electron chi connectivity index (χ3n) is 3.26. The summed E-state index contributed by atoms with van der Waals surface area (Å²) in [5.41, 5.74) is 1.07. The fraction of sp³-hybridized carbons (Fsp3) is 0.533. The summed E-state index contributed by atoms with van der Waals surface area (Å²) in [5, 5.41) is 6.06. The second-order valence-electron chi connectivity index (χ2n) is 5.42. The Labute approximate surface area is 110 Å². The number of carbonyl (C=O) groups is 1. The Morgan fingerprint density at radius 2 is 1.89 bits per heavy atom. The summed E-state index contributed by atoms with van der Waals surface area (Å²) in [4.78, 5) is 11.9. The summed E-state index contributed by atoms with van der Waals surface area (Å²) in [7, 11) is 1.89. The highest BCUT2D eigenvalue weighted by Crippen LogP contribution is 2.26. The quantitative estimate of drug-likeness (QED) is 0.809. The summed E-state index contributed by atoms with van der Waals surface area (Å²) in [6.07, 6.45) is 0.507. The molecule has 0 saturated carbocycles. The van der Waals surface area contributed by atoms with E-state index in [1.165, 1.54) is 5.56 Å². The van der Waals surface area contributed by atoms with E-state index < -0.39 is 0 Å². The fourth-order valence-electron chi connectivity index (χ4n) is 1.82. The van der Waals surface area contributed by atoms with Crippen LogP contribution >= 0.6 is 0 Å². The van der Waals surface area contributed by atoms with E-state index in [0.29, 0.717) is 19.0 Å². The summed E-state index contributed by atoms with van der Waals surface area (Å²) >= 11 is 0. The molecule has 0 heterocycles. The van der Waals surface area contributed by atoms with Crippen LogP contribution in [0.15, 0.2) is 30.3 Å². The van der Waals surface area contributed by atoms with Gasteiger partial charge in [-0.2, -0.15) is 0 Å². The van der Waals surface area contributed by atoms with Gasteiger partial charge in [0, 0.05) is 19.0 Å². The number of amides is 1. The van der Waals surface area contributed by atoms with Crippen molar-refractivity contribution in [2.75, 3.05) is 13.6 Å². The molecule has 1 unspecified atom stereocenters. The molecular weight excluding hydrogens is 224 g/mol. The van der Waals surface area contributed by atoms with Crippen molar-refractivity contribution in [3.63, 3.8) is 0 Å². The lowest BCUT2D eigenvalue weighted by Crippen LogP contribution is -2.39. The van der Waals surface area contributed by atoms with Crippen molar-refractivity contribution in [3.05, 3.63) is 35.9 Å². The normalized spacial score (nSPS) is 13.1. The largest absolute Gasteiger partial charge is 0.355 e. The number of nitrogens with one attached hydrogen (secondary N) is 2. The molecule has 1 aromatic carbocycles. The van der Waals surface area contributed by atoms with E-state index >= 15 is 0 Å². The second-order valence-corrected chi connectivity index (χ2v) is 5.42. The third kappa shape index (κ3) is 4.49. The fourth-order valence-corrected chi connectivity index (χ4v) is 1.82. The van der Waals surface area contributed by atoms with Gasteiger partial charge in [0.2, 0.25) is 5.91 Å². The van der Waals surface area contributed by atoms with E-state index in [1.807, 2.05) is 32.2 Å². The topological polar surface area (TPSA) is 41.1 Å². The maximum Gasteiger partial charge on any atom is 0.220 e. The number of carbonyl (C=O) groups excluding carboxylic acids is 1. The molecule has 1 aromatic rings. The molecule has 1 amide bonds. The maximum absolute atomic E-state index is 11.9. The zero-order valence-corrected chi connectivity index (χ0v) is 11.8. The summed E-state index contributed by atoms with van der Waals surface area (Å²) < 4.78 is 0. The van der Waals surface area contributed by atoms with Crippen LogP contribution in [-0.4, -0.2) is 25.5 Å². The van der Waals surface area contributed by atoms with Crippen LogP contribution in [0.4, 0.5) is 0 Å². The number of hydrogen-bond donors (Lipinski definition) is 2. The molecule has 0 aromatic heterocycles. The lowest BCUT2D eigenvalue weighted by atomic mass is 9.81. The molecule has 0 aliphatic carbocycles. The first kappa shape index (κ1) is 14.7. The van der Waals surface area contributed by atoms with Crippen molar-refractivity contribution >= 4 is 5.91 Å². The molecule has 0 bridgehead atoms. The van der Waals surface area contributed by atoms with Crippen LogP contribution in [-0.2, 0) is 10.2 Å². The van der Waals surface area contributed by atoms with Gasteiger partial charge in [-0.05, 0) is 24.9 Å². The third-order valence-corrected chi connectivity index (χ3v) is 3.26. The van der Waals surface area contributed by atoms with Gasteiger partial charge in [0.05, 0.1) is 0 Å². The van der Waals surface area contributed by atoms with Crippen molar-refractivity contribution < 1.29 is 4.79 Å². The lowest BCUT2D eigenvalue weighted by molar-refractivity contribution is -0.122. The van der Waals surface area contributed by atoms with Crippen molar-refractivity contribution in [3.8, 4) is 0 Å². The Bertz CT molecular complexity index is 373. The maximum atomic E-state index is 11.9. The molecule has 3 nitrogen and oxygen atoms in total. The molecular formula is C15H24N2O. The van der Waals surface area contributed by atoms with Gasteiger partial charge in [0.25, 0.3) is 0 Å². The highest BCUT2D eigenvalue weighted by molar-refractivity contribution is 5.77. The molecule has 0 aliphatic heterocycles. The Hall–Kier alpha value is -1.35. The molecule has 0 spiro atoms. The van der Waals surface area contributed by atoms with E-state index in [2.05, 4.69) is 36.6 Å². The minimum Gasteiger partial charge on any atom is -0.355 e. The van der Waals surface area contributed by atoms with Crippen LogP contribution in [0.2, 0.25) is 0 Å². The Morgan fingerprint density at radius 1 is 1.28 bits per heavy atom. The molecule has 0 fully saturated rings. The first-order chi connectivity index (χ1) is 8.45. The first-order valence-corrected chi connectivity index (χ1v) is 6.45. The molecule has 0 radical (unpaired) electrons. The van der Waals surface area contributed by atoms with Crippen LogP contribution in [0.3, 0.4) is 0 Å². The zero-order valence-electron chi connectivity index (χ0n) is 11.8. The minimum atomic E-state index is -0.131. The molecule has 2 N–H and O–H groups in total. The van der Waals surface area contributed by atoms with E-state index in [0.717, 1.165) is 0 Å². The van der Waals surface area contributed by atoms with Gasteiger partial charge in [-0.1, -0.05) is 44.2 Å². The van der Waals surface area contributed by atoms with Gasteiger partial charge in [-0.25, -0.2) is 0 Å². The average molecular weight is 248 g/mol. The van der Waals surface area contributed by atoms with E-state index in [1.54, 1.807) is 0 Å². The summed E-state index contributed by atoms with van der Waals surface area (Å²) in [6, 6.07) is 10.5. The van der Waals surface area contributed by atoms with Crippen LogP contribution in [0.25, 0.3) is 0 Å². The standard InChI is InChI=1S/C15H24N2O/c1-12(16-4)11-17-14(18)10-15(2,3)13-8-6-5-7-9-13/h5-9,12,16H,10-11H2,1-4H3,(H,17,18). The predicted octanol–water partition coefficient (Wildman–Crippen LogP) is 2.08. The molecule has 1 atom stereocenters. The molecule has 0 saturated heterocycles. The van der Waals surface area contributed by atoms with Crippen molar-refractivity contribution in [1.82, 2.24) is 10.6 Å². The number of rotatable bonds is 6. The molecule has 18 heavy (non-hydrogen) atoms. The number of benzene rings is 1. The molecule has 3 heteroatoms. The SMILES string of the molecule is CNC(C)CNC(=O)CC(C)(C)c1ccccc1. The highest BCUT2D eigenvalue weighted by atomic mass is 16.1.